The molecular weight excluding hydrogens is 122 g/mol. The third kappa shape index (κ3) is 18.4. The lowest BCUT2D eigenvalue weighted by molar-refractivity contribution is 0.0773. The Morgan fingerprint density at radius 3 is 1.56 bits per heavy atom. The Kier molecular flexibility index (Phi) is 7.26. The maximum Gasteiger partial charge on any atom is 0.263 e. The highest BCUT2D eigenvalue weighted by atomic mass is 19.3. The maximum absolute atomic E-state index is 11.6. The Morgan fingerprint density at radius 1 is 1.22 bits per heavy atom. The Bertz CT molecular complexity index is 69.5. The summed E-state index contributed by atoms with van der Waals surface area (Å²) in [4.78, 5) is 0. The second-order valence-corrected chi connectivity index (χ2v) is 1.46. The van der Waals surface area contributed by atoms with Crippen molar-refractivity contribution in [3.05, 3.63) is 12.2 Å². The van der Waals surface area contributed by atoms with Crippen molar-refractivity contribution >= 4 is 0 Å². The summed E-state index contributed by atoms with van der Waals surface area (Å²) in [5.74, 6) is -2.63. The summed E-state index contributed by atoms with van der Waals surface area (Å²) in [6.45, 7) is 6.42. The molecule has 0 aromatic heterocycles. The van der Waals surface area contributed by atoms with Gasteiger partial charge < -0.3 is 0 Å². The normalized spacial score (nSPS) is 10.9. The average Bonchev–Trinajstić information content (AvgIpc) is 1.69. The minimum atomic E-state index is -2.63. The molecule has 0 atom stereocenters. The Balaban J connectivity index is 0. The van der Waals surface area contributed by atoms with Gasteiger partial charge in [0.05, 0.1) is 0 Å². The molecule has 0 aromatic rings. The third-order valence-electron chi connectivity index (χ3n) is 0.459. The molecule has 9 heavy (non-hydrogen) atoms. The molecule has 0 spiro atoms. The van der Waals surface area contributed by atoms with Crippen molar-refractivity contribution in [1.29, 1.82) is 0 Å². The molecule has 0 fully saturated rings. The molecule has 0 aliphatic carbocycles. The van der Waals surface area contributed by atoms with Gasteiger partial charge in [-0.2, -0.15) is 0 Å². The molecule has 0 aromatic carbocycles. The Morgan fingerprint density at radius 2 is 1.56 bits per heavy atom. The van der Waals surface area contributed by atoms with Crippen LogP contribution in [0.1, 0.15) is 27.7 Å². The number of hydrogen-bond acceptors (Lipinski definition) is 0. The predicted molar refractivity (Wildman–Crippen MR) is 36.8 cm³/mol. The highest BCUT2D eigenvalue weighted by Crippen LogP contribution is 2.11. The van der Waals surface area contributed by atoms with Crippen LogP contribution in [-0.4, -0.2) is 5.92 Å². The molecule has 0 amide bonds. The van der Waals surface area contributed by atoms with Crippen LogP contribution in [-0.2, 0) is 0 Å². The molecule has 2 heteroatoms. The van der Waals surface area contributed by atoms with E-state index in [9.17, 15) is 8.78 Å². The van der Waals surface area contributed by atoms with E-state index in [-0.39, 0.29) is 0 Å². The van der Waals surface area contributed by atoms with Crippen LogP contribution in [0, 0.1) is 0 Å². The quantitative estimate of drug-likeness (QED) is 0.485. The highest BCUT2D eigenvalue weighted by Gasteiger charge is 2.13. The van der Waals surface area contributed by atoms with Gasteiger partial charge in [-0.05, 0) is 13.0 Å². The molecule has 0 radical (unpaired) electrons. The molecule has 0 unspecified atom stereocenters. The Hall–Kier alpha value is -0.400. The van der Waals surface area contributed by atoms with E-state index in [1.165, 1.54) is 6.08 Å². The molecule has 0 nitrogen and oxygen atoms in total. The lowest BCUT2D eigenvalue weighted by Crippen LogP contribution is -2.02. The minimum absolute atomic E-state index is 0.854. The molecule has 0 N–H and O–H groups in total. The van der Waals surface area contributed by atoms with Crippen LogP contribution in [0.4, 0.5) is 8.78 Å². The van der Waals surface area contributed by atoms with Gasteiger partial charge in [0.25, 0.3) is 5.92 Å². The van der Waals surface area contributed by atoms with Crippen LogP contribution in [0.15, 0.2) is 12.2 Å². The van der Waals surface area contributed by atoms with E-state index in [2.05, 4.69) is 0 Å². The lowest BCUT2D eigenvalue weighted by atomic mass is 10.3. The van der Waals surface area contributed by atoms with Crippen molar-refractivity contribution in [2.24, 2.45) is 0 Å². The number of hydrogen-bond donors (Lipinski definition) is 0. The summed E-state index contributed by atoms with van der Waals surface area (Å²) in [7, 11) is 0. The summed E-state index contributed by atoms with van der Waals surface area (Å²) in [6, 6.07) is 0. The zero-order valence-corrected chi connectivity index (χ0v) is 6.41. The van der Waals surface area contributed by atoms with Gasteiger partial charge in [0.15, 0.2) is 0 Å². The smallest absolute Gasteiger partial charge is 0.202 e. The van der Waals surface area contributed by atoms with E-state index in [0.29, 0.717) is 0 Å². The van der Waals surface area contributed by atoms with Gasteiger partial charge in [-0.25, -0.2) is 8.78 Å². The summed E-state index contributed by atoms with van der Waals surface area (Å²) in [6.07, 6.45) is 2.19. The van der Waals surface area contributed by atoms with Crippen LogP contribution in [0.3, 0.4) is 0 Å². The van der Waals surface area contributed by atoms with Gasteiger partial charge in [0.1, 0.15) is 0 Å². The van der Waals surface area contributed by atoms with Crippen molar-refractivity contribution in [2.75, 3.05) is 0 Å². The minimum Gasteiger partial charge on any atom is -0.202 e. The van der Waals surface area contributed by atoms with Crippen molar-refractivity contribution in [3.8, 4) is 0 Å². The van der Waals surface area contributed by atoms with E-state index in [4.69, 9.17) is 0 Å². The van der Waals surface area contributed by atoms with E-state index in [0.717, 1.165) is 13.0 Å². The molecule has 56 valence electrons. The summed E-state index contributed by atoms with van der Waals surface area (Å²) < 4.78 is 23.3. The Labute approximate surface area is 55.6 Å². The second-order valence-electron chi connectivity index (χ2n) is 1.46. The lowest BCUT2D eigenvalue weighted by Gasteiger charge is -1.98. The van der Waals surface area contributed by atoms with Gasteiger partial charge in [-0.1, -0.05) is 19.9 Å². The van der Waals surface area contributed by atoms with E-state index in [1.807, 2.05) is 13.8 Å². The SMILES string of the molecule is C/C=C\C(C)(F)F.CC. The zero-order valence-electron chi connectivity index (χ0n) is 6.41. The number of alkyl halides is 2. The first-order valence-electron chi connectivity index (χ1n) is 3.08. The fraction of sp³-hybridized carbons (Fsp3) is 0.714. The first-order chi connectivity index (χ1) is 4.06. The molecular formula is C7H14F2. The molecule has 0 bridgehead atoms. The van der Waals surface area contributed by atoms with E-state index >= 15 is 0 Å². The third-order valence-corrected chi connectivity index (χ3v) is 0.459. The zero-order chi connectivity index (χ0) is 7.91. The molecule has 0 saturated heterocycles. The first-order valence-corrected chi connectivity index (χ1v) is 3.08. The predicted octanol–water partition coefficient (Wildman–Crippen LogP) is 3.24. The monoisotopic (exact) mass is 136 g/mol. The van der Waals surface area contributed by atoms with Gasteiger partial charge in [0.2, 0.25) is 0 Å². The van der Waals surface area contributed by atoms with Crippen LogP contribution >= 0.6 is 0 Å². The molecule has 0 aliphatic heterocycles. The molecule has 0 saturated carbocycles. The van der Waals surface area contributed by atoms with Crippen molar-refractivity contribution in [3.63, 3.8) is 0 Å². The number of halogens is 2. The number of allylic oxidation sites excluding steroid dienone is 2. The molecule has 0 aliphatic rings. The van der Waals surface area contributed by atoms with E-state index < -0.39 is 5.92 Å². The summed E-state index contributed by atoms with van der Waals surface area (Å²) >= 11 is 0. The molecule has 0 heterocycles. The molecule has 0 rings (SSSR count). The van der Waals surface area contributed by atoms with Crippen molar-refractivity contribution in [1.82, 2.24) is 0 Å². The van der Waals surface area contributed by atoms with Crippen molar-refractivity contribution < 1.29 is 8.78 Å². The topological polar surface area (TPSA) is 0 Å². The van der Waals surface area contributed by atoms with Crippen molar-refractivity contribution in [2.45, 2.75) is 33.6 Å². The first kappa shape index (κ1) is 11.4. The van der Waals surface area contributed by atoms with Gasteiger partial charge >= 0.3 is 0 Å². The van der Waals surface area contributed by atoms with Gasteiger partial charge in [-0.3, -0.25) is 0 Å². The highest BCUT2D eigenvalue weighted by molar-refractivity contribution is 4.88. The average molecular weight is 136 g/mol. The summed E-state index contributed by atoms with van der Waals surface area (Å²) in [5, 5.41) is 0. The standard InChI is InChI=1S/C5H8F2.C2H6/c1-3-4-5(2,6)7;1-2/h3-4H,1-2H3;1-2H3/b4-3-;. The second kappa shape index (κ2) is 5.73. The fourth-order valence-corrected chi connectivity index (χ4v) is 0.293. The fourth-order valence-electron chi connectivity index (χ4n) is 0.293. The maximum atomic E-state index is 11.6. The number of rotatable bonds is 1. The van der Waals surface area contributed by atoms with Crippen LogP contribution in [0.25, 0.3) is 0 Å². The van der Waals surface area contributed by atoms with Crippen LogP contribution in [0.2, 0.25) is 0 Å². The van der Waals surface area contributed by atoms with Gasteiger partial charge in [0, 0.05) is 6.92 Å². The van der Waals surface area contributed by atoms with E-state index in [1.54, 1.807) is 6.92 Å². The van der Waals surface area contributed by atoms with Gasteiger partial charge in [-0.15, -0.1) is 0 Å². The largest absolute Gasteiger partial charge is 0.263 e. The van der Waals surface area contributed by atoms with Crippen LogP contribution < -0.4 is 0 Å². The summed E-state index contributed by atoms with van der Waals surface area (Å²) in [5.41, 5.74) is 0. The van der Waals surface area contributed by atoms with Crippen LogP contribution in [0.5, 0.6) is 0 Å².